The van der Waals surface area contributed by atoms with Crippen molar-refractivity contribution in [3.8, 4) is 0 Å². The molecule has 1 amide bonds. The van der Waals surface area contributed by atoms with E-state index in [-0.39, 0.29) is 16.7 Å². The molecule has 5 nitrogen and oxygen atoms in total. The van der Waals surface area contributed by atoms with Gasteiger partial charge < -0.3 is 5.11 Å². The number of hydrogen-bond donors (Lipinski definition) is 1. The number of rotatable bonds is 4. The van der Waals surface area contributed by atoms with Gasteiger partial charge in [-0.05, 0) is 65.6 Å². The minimum Gasteiger partial charge on any atom is -0.507 e. The Hall–Kier alpha value is -3.77. The first-order valence-electron chi connectivity index (χ1n) is 13.3. The molecular formula is C33H34N2O3S. The summed E-state index contributed by atoms with van der Waals surface area (Å²) in [5.74, 6) is -1.19. The number of Topliss-reactive ketones (excluding diaryl/α,β-unsaturated/α-hetero) is 1. The minimum atomic E-state index is -0.798. The highest BCUT2D eigenvalue weighted by Gasteiger charge is 2.48. The van der Waals surface area contributed by atoms with Crippen LogP contribution in [0, 0.1) is 13.8 Å². The van der Waals surface area contributed by atoms with E-state index in [2.05, 4.69) is 40.7 Å². The van der Waals surface area contributed by atoms with E-state index >= 15 is 0 Å². The minimum absolute atomic E-state index is 0.0851. The molecule has 0 bridgehead atoms. The number of thiazole rings is 1. The zero-order valence-electron chi connectivity index (χ0n) is 23.5. The molecule has 0 saturated carbocycles. The summed E-state index contributed by atoms with van der Waals surface area (Å²) in [6.45, 7) is 14.4. The van der Waals surface area contributed by atoms with Gasteiger partial charge in [0.15, 0.2) is 5.13 Å². The van der Waals surface area contributed by atoms with Crippen molar-refractivity contribution < 1.29 is 14.7 Å². The van der Waals surface area contributed by atoms with Crippen LogP contribution in [0.1, 0.15) is 80.0 Å². The lowest BCUT2D eigenvalue weighted by Crippen LogP contribution is -2.29. The fourth-order valence-electron chi connectivity index (χ4n) is 5.07. The molecule has 4 aromatic rings. The Morgan fingerprint density at radius 3 is 2.41 bits per heavy atom. The number of anilines is 1. The van der Waals surface area contributed by atoms with Gasteiger partial charge in [0, 0.05) is 5.56 Å². The number of ketones is 1. The largest absolute Gasteiger partial charge is 0.507 e. The lowest BCUT2D eigenvalue weighted by molar-refractivity contribution is -0.132. The first-order chi connectivity index (χ1) is 18.4. The Morgan fingerprint density at radius 2 is 1.74 bits per heavy atom. The van der Waals surface area contributed by atoms with Gasteiger partial charge in [-0.2, -0.15) is 0 Å². The monoisotopic (exact) mass is 538 g/mol. The van der Waals surface area contributed by atoms with Crippen molar-refractivity contribution in [2.75, 3.05) is 4.90 Å². The number of hydrogen-bond acceptors (Lipinski definition) is 5. The number of nitrogens with zero attached hydrogens (tertiary/aromatic N) is 2. The molecular weight excluding hydrogens is 504 g/mol. The average molecular weight is 539 g/mol. The highest BCUT2D eigenvalue weighted by molar-refractivity contribution is 7.22. The Kier molecular flexibility index (Phi) is 6.71. The Bertz CT molecular complexity index is 1660. The zero-order chi connectivity index (χ0) is 28.2. The van der Waals surface area contributed by atoms with Gasteiger partial charge in [0.2, 0.25) is 0 Å². The topological polar surface area (TPSA) is 70.5 Å². The van der Waals surface area contributed by atoms with Gasteiger partial charge in [-0.3, -0.25) is 14.5 Å². The van der Waals surface area contributed by atoms with Crippen LogP contribution in [0.25, 0.3) is 16.0 Å². The van der Waals surface area contributed by atoms with Crippen molar-refractivity contribution in [2.45, 2.75) is 65.8 Å². The van der Waals surface area contributed by atoms with Gasteiger partial charge in [0.05, 0.1) is 21.8 Å². The third kappa shape index (κ3) is 4.78. The second-order valence-corrected chi connectivity index (χ2v) is 12.8. The molecule has 3 aromatic carbocycles. The van der Waals surface area contributed by atoms with E-state index in [9.17, 15) is 14.7 Å². The van der Waals surface area contributed by atoms with Crippen molar-refractivity contribution in [3.05, 3.63) is 99.6 Å². The number of benzene rings is 3. The molecule has 1 atom stereocenters. The summed E-state index contributed by atoms with van der Waals surface area (Å²) in [7, 11) is 0. The van der Waals surface area contributed by atoms with Gasteiger partial charge in [-0.1, -0.05) is 94.0 Å². The second kappa shape index (κ2) is 9.76. The molecule has 39 heavy (non-hydrogen) atoms. The van der Waals surface area contributed by atoms with Crippen LogP contribution in [0.5, 0.6) is 0 Å². The number of aryl methyl sites for hydroxylation is 2. The molecule has 5 rings (SSSR count). The van der Waals surface area contributed by atoms with Crippen molar-refractivity contribution in [3.63, 3.8) is 0 Å². The summed E-state index contributed by atoms with van der Waals surface area (Å²) in [5, 5.41) is 12.2. The van der Waals surface area contributed by atoms with Crippen molar-refractivity contribution in [1.82, 2.24) is 4.98 Å². The van der Waals surface area contributed by atoms with Crippen molar-refractivity contribution in [1.29, 1.82) is 0 Å². The van der Waals surface area contributed by atoms with Crippen LogP contribution < -0.4 is 4.90 Å². The third-order valence-electron chi connectivity index (χ3n) is 7.43. The van der Waals surface area contributed by atoms with Crippen molar-refractivity contribution >= 4 is 44.1 Å². The predicted molar refractivity (Wildman–Crippen MR) is 160 cm³/mol. The molecule has 1 aliphatic rings. The van der Waals surface area contributed by atoms with E-state index in [4.69, 9.17) is 4.98 Å². The normalized spacial score (nSPS) is 17.5. The quantitative estimate of drug-likeness (QED) is 0.163. The van der Waals surface area contributed by atoms with Gasteiger partial charge in [-0.25, -0.2) is 4.98 Å². The van der Waals surface area contributed by atoms with E-state index in [1.165, 1.54) is 21.8 Å². The molecule has 0 radical (unpaired) electrons. The average Bonchev–Trinajstić information content (AvgIpc) is 3.41. The molecule has 1 aliphatic heterocycles. The van der Waals surface area contributed by atoms with E-state index < -0.39 is 17.7 Å². The number of amides is 1. The zero-order valence-corrected chi connectivity index (χ0v) is 24.3. The number of carbonyl (C=O) groups excluding carboxylic acids is 2. The van der Waals surface area contributed by atoms with E-state index in [0.717, 1.165) is 32.5 Å². The van der Waals surface area contributed by atoms with Gasteiger partial charge >= 0.3 is 5.91 Å². The number of aliphatic hydroxyl groups is 1. The van der Waals surface area contributed by atoms with Gasteiger partial charge in [-0.15, -0.1) is 0 Å². The second-order valence-electron chi connectivity index (χ2n) is 11.7. The molecule has 6 heteroatoms. The third-order valence-corrected chi connectivity index (χ3v) is 8.45. The fourth-order valence-corrected chi connectivity index (χ4v) is 6.11. The molecule has 1 saturated heterocycles. The summed E-state index contributed by atoms with van der Waals surface area (Å²) < 4.78 is 0.954. The number of carbonyl (C=O) groups is 2. The highest BCUT2D eigenvalue weighted by Crippen LogP contribution is 2.45. The maximum absolute atomic E-state index is 13.7. The fraction of sp³-hybridized carbons (Fsp3) is 0.303. The number of fused-ring (bicyclic) bond motifs is 1. The van der Waals surface area contributed by atoms with Crippen LogP contribution >= 0.6 is 11.3 Å². The van der Waals surface area contributed by atoms with E-state index in [0.29, 0.717) is 16.6 Å². The summed E-state index contributed by atoms with van der Waals surface area (Å²) in [5.41, 5.74) is 6.06. The summed E-state index contributed by atoms with van der Waals surface area (Å²) in [6.07, 6.45) is 0. The van der Waals surface area contributed by atoms with Gasteiger partial charge in [0.25, 0.3) is 5.78 Å². The lowest BCUT2D eigenvalue weighted by Gasteiger charge is -2.24. The SMILES string of the molecule is Cc1cccc(C2/C(=C(\O)c3cc(C(C)(C)C)ccc3C)C(=O)C(=O)N2c2nc3ccc(C(C)C)cc3s2)c1. The van der Waals surface area contributed by atoms with E-state index in [1.54, 1.807) is 0 Å². The van der Waals surface area contributed by atoms with Crippen LogP contribution in [-0.4, -0.2) is 21.8 Å². The smallest absolute Gasteiger partial charge is 0.301 e. The standard InChI is InChI=1S/C33H34N2O3S/c1-18(2)21-12-14-25-26(16-21)39-32(34-25)35-28(22-10-8-9-19(3)15-22)27(30(37)31(35)38)29(36)24-17-23(33(5,6)7)13-11-20(24)4/h8-18,28,36H,1-7H3/b29-27+. The molecule has 200 valence electrons. The first-order valence-corrected chi connectivity index (χ1v) is 14.1. The molecule has 1 N–H and O–H groups in total. The van der Waals surface area contributed by atoms with Gasteiger partial charge in [0.1, 0.15) is 5.76 Å². The number of aromatic nitrogens is 1. The summed E-state index contributed by atoms with van der Waals surface area (Å²) in [6, 6.07) is 19.0. The van der Waals surface area contributed by atoms with Crippen molar-refractivity contribution in [2.24, 2.45) is 0 Å². The maximum atomic E-state index is 13.7. The molecule has 0 aliphatic carbocycles. The summed E-state index contributed by atoms with van der Waals surface area (Å²) in [4.78, 5) is 33.6. The van der Waals surface area contributed by atoms with E-state index in [1.807, 2.05) is 68.4 Å². The molecule has 2 heterocycles. The molecule has 1 fully saturated rings. The lowest BCUT2D eigenvalue weighted by atomic mass is 9.84. The molecule has 0 spiro atoms. The highest BCUT2D eigenvalue weighted by atomic mass is 32.1. The molecule has 1 unspecified atom stereocenters. The maximum Gasteiger partial charge on any atom is 0.301 e. The Balaban J connectivity index is 1.74. The summed E-state index contributed by atoms with van der Waals surface area (Å²) >= 11 is 1.39. The van der Waals surface area contributed by atoms with Crippen LogP contribution in [-0.2, 0) is 15.0 Å². The van der Waals surface area contributed by atoms with Crippen LogP contribution in [0.4, 0.5) is 5.13 Å². The molecule has 1 aromatic heterocycles. The Morgan fingerprint density at radius 1 is 1.00 bits per heavy atom. The van der Waals surface area contributed by atoms with Crippen LogP contribution in [0.3, 0.4) is 0 Å². The van der Waals surface area contributed by atoms with Crippen LogP contribution in [0.15, 0.2) is 66.2 Å². The van der Waals surface area contributed by atoms with Crippen LogP contribution in [0.2, 0.25) is 0 Å². The number of aliphatic hydroxyl groups excluding tert-OH is 1. The predicted octanol–water partition coefficient (Wildman–Crippen LogP) is 7.96. The Labute approximate surface area is 233 Å². The first kappa shape index (κ1) is 26.8.